The standard InChI is InChI=1S/C15H10F2N2O2/c16-12-6-2-4-10(13(12)17)8-19-14-9(7-18-19)3-1-5-11(14)15(20)21/h1-7H,8H2,(H,20,21). The van der Waals surface area contributed by atoms with Crippen LogP contribution in [-0.4, -0.2) is 20.9 Å². The molecule has 0 saturated carbocycles. The number of carboxylic acid groups (broad SMARTS) is 1. The maximum absolute atomic E-state index is 13.7. The minimum Gasteiger partial charge on any atom is -0.478 e. The predicted molar refractivity (Wildman–Crippen MR) is 72.2 cm³/mol. The zero-order valence-electron chi connectivity index (χ0n) is 10.8. The fourth-order valence-electron chi connectivity index (χ4n) is 2.27. The summed E-state index contributed by atoms with van der Waals surface area (Å²) >= 11 is 0. The van der Waals surface area contributed by atoms with E-state index < -0.39 is 17.6 Å². The molecule has 6 heteroatoms. The first-order valence-corrected chi connectivity index (χ1v) is 6.18. The van der Waals surface area contributed by atoms with Crippen LogP contribution in [0, 0.1) is 11.6 Å². The van der Waals surface area contributed by atoms with Gasteiger partial charge in [-0.1, -0.05) is 24.3 Å². The van der Waals surface area contributed by atoms with Crippen molar-refractivity contribution in [1.82, 2.24) is 9.78 Å². The predicted octanol–water partition coefficient (Wildman–Crippen LogP) is 3.06. The molecule has 0 unspecified atom stereocenters. The van der Waals surface area contributed by atoms with E-state index in [1.54, 1.807) is 12.1 Å². The molecule has 0 bridgehead atoms. The normalized spacial score (nSPS) is 11.0. The molecule has 0 fully saturated rings. The molecule has 0 amide bonds. The van der Waals surface area contributed by atoms with Gasteiger partial charge in [0.1, 0.15) is 0 Å². The molecule has 0 aliphatic carbocycles. The van der Waals surface area contributed by atoms with Crippen LogP contribution in [0.3, 0.4) is 0 Å². The van der Waals surface area contributed by atoms with Crippen LogP contribution in [0.5, 0.6) is 0 Å². The quantitative estimate of drug-likeness (QED) is 0.806. The number of nitrogens with zero attached hydrogens (tertiary/aromatic N) is 2. The lowest BCUT2D eigenvalue weighted by atomic mass is 10.1. The van der Waals surface area contributed by atoms with Crippen LogP contribution in [0.1, 0.15) is 15.9 Å². The Bertz CT molecular complexity index is 843. The Morgan fingerprint density at radius 1 is 1.19 bits per heavy atom. The van der Waals surface area contributed by atoms with Crippen LogP contribution >= 0.6 is 0 Å². The molecular formula is C15H10F2N2O2. The molecule has 4 nitrogen and oxygen atoms in total. The lowest BCUT2D eigenvalue weighted by molar-refractivity contribution is 0.0698. The molecule has 0 aliphatic rings. The average molecular weight is 288 g/mol. The van der Waals surface area contributed by atoms with Gasteiger partial charge in [0.05, 0.1) is 23.8 Å². The van der Waals surface area contributed by atoms with Gasteiger partial charge in [-0.05, 0) is 12.1 Å². The molecule has 0 aliphatic heterocycles. The van der Waals surface area contributed by atoms with E-state index in [-0.39, 0.29) is 17.7 Å². The highest BCUT2D eigenvalue weighted by Crippen LogP contribution is 2.21. The number of rotatable bonds is 3. The van der Waals surface area contributed by atoms with Crippen molar-refractivity contribution in [3.63, 3.8) is 0 Å². The Kier molecular flexibility index (Phi) is 3.13. The summed E-state index contributed by atoms with van der Waals surface area (Å²) in [5.74, 6) is -2.99. The number of hydrogen-bond donors (Lipinski definition) is 1. The number of para-hydroxylation sites is 1. The summed E-state index contributed by atoms with van der Waals surface area (Å²) in [5.41, 5.74) is 0.565. The fourth-order valence-corrected chi connectivity index (χ4v) is 2.27. The highest BCUT2D eigenvalue weighted by atomic mass is 19.2. The fraction of sp³-hybridized carbons (Fsp3) is 0.0667. The summed E-state index contributed by atoms with van der Waals surface area (Å²) in [6.07, 6.45) is 1.50. The summed E-state index contributed by atoms with van der Waals surface area (Å²) in [5, 5.41) is 13.9. The Labute approximate surface area is 118 Å². The van der Waals surface area contributed by atoms with Gasteiger partial charge in [-0.15, -0.1) is 0 Å². The zero-order chi connectivity index (χ0) is 15.0. The Balaban J connectivity index is 2.13. The molecule has 0 saturated heterocycles. The van der Waals surface area contributed by atoms with Crippen molar-refractivity contribution >= 4 is 16.9 Å². The lowest BCUT2D eigenvalue weighted by Crippen LogP contribution is -2.08. The van der Waals surface area contributed by atoms with Gasteiger partial charge in [0.25, 0.3) is 0 Å². The molecule has 2 aromatic carbocycles. The van der Waals surface area contributed by atoms with E-state index in [1.807, 2.05) is 0 Å². The molecule has 3 rings (SSSR count). The highest BCUT2D eigenvalue weighted by molar-refractivity contribution is 6.01. The molecule has 1 N–H and O–H groups in total. The van der Waals surface area contributed by atoms with E-state index >= 15 is 0 Å². The number of benzene rings is 2. The largest absolute Gasteiger partial charge is 0.478 e. The number of hydrogen-bond acceptors (Lipinski definition) is 2. The number of carbonyl (C=O) groups is 1. The second-order valence-electron chi connectivity index (χ2n) is 4.56. The van der Waals surface area contributed by atoms with Gasteiger partial charge in [-0.3, -0.25) is 4.68 Å². The van der Waals surface area contributed by atoms with Crippen molar-refractivity contribution in [2.45, 2.75) is 6.54 Å². The summed E-state index contributed by atoms with van der Waals surface area (Å²) < 4.78 is 28.3. The third-order valence-corrected chi connectivity index (χ3v) is 3.24. The minimum atomic E-state index is -1.10. The van der Waals surface area contributed by atoms with Crippen molar-refractivity contribution in [1.29, 1.82) is 0 Å². The van der Waals surface area contributed by atoms with Crippen LogP contribution in [0.15, 0.2) is 42.6 Å². The van der Waals surface area contributed by atoms with Crippen LogP contribution in [0.2, 0.25) is 0 Å². The van der Waals surface area contributed by atoms with Gasteiger partial charge in [0, 0.05) is 10.9 Å². The lowest BCUT2D eigenvalue weighted by Gasteiger charge is -2.07. The Morgan fingerprint density at radius 2 is 1.95 bits per heavy atom. The van der Waals surface area contributed by atoms with Gasteiger partial charge in [0.15, 0.2) is 11.6 Å². The van der Waals surface area contributed by atoms with E-state index in [2.05, 4.69) is 5.10 Å². The topological polar surface area (TPSA) is 55.1 Å². The molecule has 1 aromatic heterocycles. The zero-order valence-corrected chi connectivity index (χ0v) is 10.8. The van der Waals surface area contributed by atoms with Crippen LogP contribution < -0.4 is 0 Å². The molecule has 0 radical (unpaired) electrons. The van der Waals surface area contributed by atoms with E-state index in [9.17, 15) is 18.7 Å². The van der Waals surface area contributed by atoms with Crippen molar-refractivity contribution in [3.05, 3.63) is 65.4 Å². The third kappa shape index (κ3) is 2.24. The van der Waals surface area contributed by atoms with Crippen molar-refractivity contribution in [2.75, 3.05) is 0 Å². The first kappa shape index (κ1) is 13.2. The van der Waals surface area contributed by atoms with E-state index in [0.717, 1.165) is 6.07 Å². The molecule has 21 heavy (non-hydrogen) atoms. The summed E-state index contributed by atoms with van der Waals surface area (Å²) in [7, 11) is 0. The number of aromatic carboxylic acids is 1. The van der Waals surface area contributed by atoms with Gasteiger partial charge < -0.3 is 5.11 Å². The SMILES string of the molecule is O=C(O)c1cccc2cnn(Cc3cccc(F)c3F)c12. The maximum atomic E-state index is 13.7. The molecule has 106 valence electrons. The number of carboxylic acids is 1. The molecule has 1 heterocycles. The van der Waals surface area contributed by atoms with Gasteiger partial charge >= 0.3 is 5.97 Å². The summed E-state index contributed by atoms with van der Waals surface area (Å²) in [6.45, 7) is -0.0443. The number of aromatic nitrogens is 2. The van der Waals surface area contributed by atoms with Gasteiger partial charge in [-0.2, -0.15) is 5.10 Å². The molecule has 0 spiro atoms. The maximum Gasteiger partial charge on any atom is 0.337 e. The van der Waals surface area contributed by atoms with E-state index in [1.165, 1.54) is 29.1 Å². The Morgan fingerprint density at radius 3 is 2.71 bits per heavy atom. The summed E-state index contributed by atoms with van der Waals surface area (Å²) in [6, 6.07) is 8.65. The molecule has 3 aromatic rings. The smallest absolute Gasteiger partial charge is 0.337 e. The average Bonchev–Trinajstić information content (AvgIpc) is 2.87. The second kappa shape index (κ2) is 4.97. The third-order valence-electron chi connectivity index (χ3n) is 3.24. The highest BCUT2D eigenvalue weighted by Gasteiger charge is 2.15. The van der Waals surface area contributed by atoms with Gasteiger partial charge in [-0.25, -0.2) is 13.6 Å². The van der Waals surface area contributed by atoms with Crippen molar-refractivity contribution in [3.8, 4) is 0 Å². The number of halogens is 2. The van der Waals surface area contributed by atoms with E-state index in [4.69, 9.17) is 0 Å². The first-order chi connectivity index (χ1) is 10.1. The number of fused-ring (bicyclic) bond motifs is 1. The van der Waals surface area contributed by atoms with E-state index in [0.29, 0.717) is 10.9 Å². The van der Waals surface area contributed by atoms with Gasteiger partial charge in [0.2, 0.25) is 0 Å². The van der Waals surface area contributed by atoms with Crippen LogP contribution in [0.4, 0.5) is 8.78 Å². The van der Waals surface area contributed by atoms with Crippen LogP contribution in [-0.2, 0) is 6.54 Å². The monoisotopic (exact) mass is 288 g/mol. The first-order valence-electron chi connectivity index (χ1n) is 6.18. The molecule has 0 atom stereocenters. The van der Waals surface area contributed by atoms with Crippen LogP contribution in [0.25, 0.3) is 10.9 Å². The molecular weight excluding hydrogens is 278 g/mol. The summed E-state index contributed by atoms with van der Waals surface area (Å²) in [4.78, 5) is 11.3. The second-order valence-corrected chi connectivity index (χ2v) is 4.56. The van der Waals surface area contributed by atoms with Crippen molar-refractivity contribution < 1.29 is 18.7 Å². The minimum absolute atomic E-state index is 0.0443. The Hall–Kier alpha value is -2.76. The van der Waals surface area contributed by atoms with Crippen molar-refractivity contribution in [2.24, 2.45) is 0 Å².